The molecule has 1 fully saturated rings. The van der Waals surface area contributed by atoms with Gasteiger partial charge in [0.2, 0.25) is 10.0 Å². The Morgan fingerprint density at radius 1 is 0.950 bits per heavy atom. The van der Waals surface area contributed by atoms with E-state index in [1.54, 1.807) is 48.5 Å². The standard InChI is InChI=1S/C30H34Cl2N2O4S2/c1-2-34(40(37,38)25-8-4-3-5-9-25)21-24(23-12-13-27(31)28(32)20-23)14-17-33-18-15-30(16-19-33)22-39(35,36)29-11-7-6-10-26(29)30/h3-13,20,24H,2,14-19,21-22H2,1H3/t24-/m1/s1. The van der Waals surface area contributed by atoms with E-state index < -0.39 is 19.9 Å². The fourth-order valence-electron chi connectivity index (χ4n) is 6.17. The molecule has 1 atom stereocenters. The highest BCUT2D eigenvalue weighted by molar-refractivity contribution is 7.91. The number of fused-ring (bicyclic) bond motifs is 2. The van der Waals surface area contributed by atoms with Crippen molar-refractivity contribution >= 4 is 43.1 Å². The molecule has 2 aliphatic heterocycles. The van der Waals surface area contributed by atoms with Crippen LogP contribution in [-0.4, -0.2) is 64.5 Å². The zero-order valence-electron chi connectivity index (χ0n) is 22.5. The second-order valence-corrected chi connectivity index (χ2v) is 15.5. The molecule has 6 nitrogen and oxygen atoms in total. The van der Waals surface area contributed by atoms with E-state index in [0.717, 1.165) is 50.0 Å². The number of hydrogen-bond donors (Lipinski definition) is 0. The van der Waals surface area contributed by atoms with Gasteiger partial charge < -0.3 is 4.90 Å². The van der Waals surface area contributed by atoms with Crippen LogP contribution < -0.4 is 0 Å². The Morgan fingerprint density at radius 3 is 2.30 bits per heavy atom. The molecule has 0 N–H and O–H groups in total. The molecule has 2 heterocycles. The lowest BCUT2D eigenvalue weighted by atomic mass is 9.74. The second kappa shape index (κ2) is 11.7. The number of halogens is 2. The summed E-state index contributed by atoms with van der Waals surface area (Å²) >= 11 is 12.6. The number of nitrogens with zero attached hydrogens (tertiary/aromatic N) is 2. The smallest absolute Gasteiger partial charge is 0.243 e. The Bertz CT molecular complexity index is 1570. The van der Waals surface area contributed by atoms with Gasteiger partial charge in [-0.3, -0.25) is 0 Å². The van der Waals surface area contributed by atoms with Gasteiger partial charge in [-0.25, -0.2) is 16.8 Å². The van der Waals surface area contributed by atoms with Gasteiger partial charge in [-0.05, 0) is 86.3 Å². The Balaban J connectivity index is 1.32. The van der Waals surface area contributed by atoms with Gasteiger partial charge in [-0.1, -0.05) is 72.6 Å². The van der Waals surface area contributed by atoms with Crippen LogP contribution in [0, 0.1) is 0 Å². The minimum Gasteiger partial charge on any atom is -0.303 e. The molecule has 0 amide bonds. The first kappa shape index (κ1) is 29.5. The van der Waals surface area contributed by atoms with Crippen molar-refractivity contribution < 1.29 is 16.8 Å². The van der Waals surface area contributed by atoms with Gasteiger partial charge in [0, 0.05) is 18.5 Å². The first-order valence-corrected chi connectivity index (χ1v) is 17.5. The maximum atomic E-state index is 13.5. The number of likely N-dealkylation sites (tertiary alicyclic amines) is 1. The van der Waals surface area contributed by atoms with E-state index in [9.17, 15) is 16.8 Å². The van der Waals surface area contributed by atoms with Crippen LogP contribution in [0.15, 0.2) is 82.6 Å². The number of likely N-dealkylation sites (N-methyl/N-ethyl adjacent to an activating group) is 1. The van der Waals surface area contributed by atoms with Gasteiger partial charge in [-0.15, -0.1) is 0 Å². The number of sulfone groups is 1. The SMILES string of the molecule is CCN(C[C@@H](CCN1CCC2(CC1)CS(=O)(=O)c1ccccc12)c1ccc(Cl)c(Cl)c1)S(=O)(=O)c1ccccc1. The molecule has 3 aromatic rings. The molecule has 3 aromatic carbocycles. The van der Waals surface area contributed by atoms with Crippen molar-refractivity contribution in [3.63, 3.8) is 0 Å². The van der Waals surface area contributed by atoms with Crippen molar-refractivity contribution in [2.45, 2.75) is 47.3 Å². The van der Waals surface area contributed by atoms with E-state index in [-0.39, 0.29) is 22.0 Å². The maximum Gasteiger partial charge on any atom is 0.243 e. The summed E-state index contributed by atoms with van der Waals surface area (Å²) < 4.78 is 54.2. The lowest BCUT2D eigenvalue weighted by molar-refractivity contribution is 0.165. The molecule has 0 aromatic heterocycles. The van der Waals surface area contributed by atoms with Crippen molar-refractivity contribution in [3.8, 4) is 0 Å². The first-order chi connectivity index (χ1) is 19.1. The summed E-state index contributed by atoms with van der Waals surface area (Å²) in [6.07, 6.45) is 2.29. The zero-order valence-corrected chi connectivity index (χ0v) is 25.6. The van der Waals surface area contributed by atoms with E-state index in [4.69, 9.17) is 23.2 Å². The van der Waals surface area contributed by atoms with Crippen molar-refractivity contribution in [1.29, 1.82) is 0 Å². The molecule has 1 spiro atoms. The van der Waals surface area contributed by atoms with Crippen LogP contribution in [0.4, 0.5) is 0 Å². The summed E-state index contributed by atoms with van der Waals surface area (Å²) in [5, 5.41) is 0.903. The summed E-state index contributed by atoms with van der Waals surface area (Å²) in [5.41, 5.74) is 1.59. The molecule has 2 aliphatic rings. The van der Waals surface area contributed by atoms with Crippen LogP contribution >= 0.6 is 23.2 Å². The molecule has 10 heteroatoms. The lowest BCUT2D eigenvalue weighted by Crippen LogP contribution is -2.44. The average Bonchev–Trinajstić information content (AvgIpc) is 3.17. The number of piperidine rings is 1. The molecular formula is C30H34Cl2N2O4S2. The third kappa shape index (κ3) is 5.85. The number of benzene rings is 3. The Morgan fingerprint density at radius 2 is 1.62 bits per heavy atom. The predicted molar refractivity (Wildman–Crippen MR) is 161 cm³/mol. The van der Waals surface area contributed by atoms with E-state index in [2.05, 4.69) is 4.90 Å². The average molecular weight is 622 g/mol. The van der Waals surface area contributed by atoms with Crippen LogP contribution in [-0.2, 0) is 25.3 Å². The van der Waals surface area contributed by atoms with Crippen molar-refractivity contribution in [2.24, 2.45) is 0 Å². The van der Waals surface area contributed by atoms with Crippen LogP contribution in [0.2, 0.25) is 10.0 Å². The lowest BCUT2D eigenvalue weighted by Gasteiger charge is -2.40. The quantitative estimate of drug-likeness (QED) is 0.293. The van der Waals surface area contributed by atoms with Crippen LogP contribution in [0.5, 0.6) is 0 Å². The highest BCUT2D eigenvalue weighted by Crippen LogP contribution is 2.46. The molecule has 214 valence electrons. The normalized spacial score (nSPS) is 19.1. The van der Waals surface area contributed by atoms with Crippen molar-refractivity contribution in [3.05, 3.63) is 94.0 Å². The zero-order chi connectivity index (χ0) is 28.5. The summed E-state index contributed by atoms with van der Waals surface area (Å²) in [4.78, 5) is 3.13. The molecule has 1 saturated heterocycles. The summed E-state index contributed by atoms with van der Waals surface area (Å²) in [6.45, 7) is 4.85. The third-order valence-electron chi connectivity index (χ3n) is 8.44. The van der Waals surface area contributed by atoms with Gasteiger partial charge in [0.1, 0.15) is 0 Å². The molecule has 0 radical (unpaired) electrons. The molecule has 0 bridgehead atoms. The van der Waals surface area contributed by atoms with Crippen molar-refractivity contribution in [1.82, 2.24) is 9.21 Å². The molecule has 0 unspecified atom stereocenters. The first-order valence-electron chi connectivity index (χ1n) is 13.6. The number of sulfonamides is 1. The molecule has 0 saturated carbocycles. The Labute approximate surface area is 247 Å². The summed E-state index contributed by atoms with van der Waals surface area (Å²) in [5.74, 6) is 0.0821. The third-order valence-corrected chi connectivity index (χ3v) is 13.1. The minimum atomic E-state index is -3.67. The highest BCUT2D eigenvalue weighted by atomic mass is 35.5. The van der Waals surface area contributed by atoms with Gasteiger partial charge >= 0.3 is 0 Å². The fourth-order valence-corrected chi connectivity index (χ4v) is 10.2. The molecule has 40 heavy (non-hydrogen) atoms. The van der Waals surface area contributed by atoms with E-state index >= 15 is 0 Å². The molecular weight excluding hydrogens is 587 g/mol. The number of rotatable bonds is 9. The van der Waals surface area contributed by atoms with Gasteiger partial charge in [-0.2, -0.15) is 4.31 Å². The van der Waals surface area contributed by atoms with Crippen molar-refractivity contribution in [2.75, 3.05) is 38.5 Å². The highest BCUT2D eigenvalue weighted by Gasteiger charge is 2.48. The second-order valence-electron chi connectivity index (χ2n) is 10.8. The van der Waals surface area contributed by atoms with E-state index in [1.165, 1.54) is 4.31 Å². The monoisotopic (exact) mass is 620 g/mol. The number of hydrogen-bond acceptors (Lipinski definition) is 5. The summed E-state index contributed by atoms with van der Waals surface area (Å²) in [6, 6.07) is 21.5. The largest absolute Gasteiger partial charge is 0.303 e. The van der Waals surface area contributed by atoms with Gasteiger partial charge in [0.25, 0.3) is 0 Å². The minimum absolute atomic E-state index is 0.100. The van der Waals surface area contributed by atoms with E-state index in [1.807, 2.05) is 31.2 Å². The van der Waals surface area contributed by atoms with Gasteiger partial charge in [0.05, 0.1) is 25.6 Å². The van der Waals surface area contributed by atoms with E-state index in [0.29, 0.717) is 28.0 Å². The molecule has 0 aliphatic carbocycles. The van der Waals surface area contributed by atoms with Gasteiger partial charge in [0.15, 0.2) is 9.84 Å². The Kier molecular flexibility index (Phi) is 8.67. The summed E-state index contributed by atoms with van der Waals surface area (Å²) in [7, 11) is -6.92. The predicted octanol–water partition coefficient (Wildman–Crippen LogP) is 6.00. The maximum absolute atomic E-state index is 13.5. The van der Waals surface area contributed by atoms with Crippen LogP contribution in [0.3, 0.4) is 0 Å². The van der Waals surface area contributed by atoms with Crippen LogP contribution in [0.25, 0.3) is 0 Å². The Hall–Kier alpha value is -1.94. The van der Waals surface area contributed by atoms with Crippen LogP contribution in [0.1, 0.15) is 43.2 Å². The molecule has 5 rings (SSSR count). The topological polar surface area (TPSA) is 74.8 Å². The fraction of sp³-hybridized carbons (Fsp3) is 0.400.